The molecule has 176 valence electrons. The van der Waals surface area contributed by atoms with Gasteiger partial charge in [0.25, 0.3) is 15.9 Å². The summed E-state index contributed by atoms with van der Waals surface area (Å²) in [6.07, 6.45) is -0.258. The Bertz CT molecular complexity index is 1160. The lowest BCUT2D eigenvalue weighted by molar-refractivity contribution is -0.140. The Morgan fingerprint density at radius 3 is 2.30 bits per heavy atom. The third-order valence-corrected chi connectivity index (χ3v) is 7.40. The van der Waals surface area contributed by atoms with Gasteiger partial charge in [0.05, 0.1) is 5.56 Å². The number of amides is 3. The molecule has 3 rings (SSSR count). The quantitative estimate of drug-likeness (QED) is 0.611. The molecule has 10 heteroatoms. The second kappa shape index (κ2) is 9.93. The second-order valence-corrected chi connectivity index (χ2v) is 10.4. The average Bonchev–Trinajstić information content (AvgIpc) is 2.96. The Morgan fingerprint density at radius 2 is 1.70 bits per heavy atom. The fourth-order valence-electron chi connectivity index (χ4n) is 3.57. The first-order valence-electron chi connectivity index (χ1n) is 10.5. The Labute approximate surface area is 198 Å². The fraction of sp³-hybridized carbons (Fsp3) is 0.348. The van der Waals surface area contributed by atoms with Gasteiger partial charge in [0, 0.05) is 30.6 Å². The number of halogens is 1. The molecule has 1 heterocycles. The maximum atomic E-state index is 13.2. The van der Waals surface area contributed by atoms with Crippen molar-refractivity contribution in [1.82, 2.24) is 14.5 Å². The van der Waals surface area contributed by atoms with E-state index in [-0.39, 0.29) is 41.9 Å². The molecule has 33 heavy (non-hydrogen) atoms. The highest BCUT2D eigenvalue weighted by Crippen LogP contribution is 2.30. The summed E-state index contributed by atoms with van der Waals surface area (Å²) in [5.41, 5.74) is 0.849. The second-order valence-electron chi connectivity index (χ2n) is 8.12. The largest absolute Gasteiger partial charge is 0.352 e. The van der Waals surface area contributed by atoms with E-state index in [2.05, 4.69) is 5.32 Å². The summed E-state index contributed by atoms with van der Waals surface area (Å²) >= 11 is 5.94. The third-order valence-electron chi connectivity index (χ3n) is 5.31. The number of sulfonamides is 1. The summed E-state index contributed by atoms with van der Waals surface area (Å²) in [5, 5.41) is 3.33. The number of hydrogen-bond donors (Lipinski definition) is 1. The molecular weight excluding hydrogens is 466 g/mol. The third kappa shape index (κ3) is 5.36. The first kappa shape index (κ1) is 24.7. The molecule has 1 N–H and O–H groups in total. The summed E-state index contributed by atoms with van der Waals surface area (Å²) in [7, 11) is -4.01. The minimum absolute atomic E-state index is 0.0647. The molecule has 0 fully saturated rings. The number of hydrogen-bond acceptors (Lipinski definition) is 5. The highest BCUT2D eigenvalue weighted by Gasteiger charge is 2.41. The van der Waals surface area contributed by atoms with Gasteiger partial charge in [-0.15, -0.1) is 0 Å². The summed E-state index contributed by atoms with van der Waals surface area (Å²) in [5.74, 6) is -1.44. The molecule has 0 bridgehead atoms. The normalized spacial score (nSPS) is 15.3. The standard InChI is InChI=1S/C23H26ClN3O5S/c1-15(2)25-22(29)16(3)26(14-17-8-10-18(24)11-9-17)21(28)12-13-27-23(30)19-6-4-5-7-20(19)33(27,31)32/h4-11,15-16H,12-14H2,1-3H3,(H,25,29)/t16-/m1/s1. The number of nitrogens with zero attached hydrogens (tertiary/aromatic N) is 2. The van der Waals surface area contributed by atoms with Crippen LogP contribution in [0.4, 0.5) is 0 Å². The van der Waals surface area contributed by atoms with Crippen LogP contribution >= 0.6 is 11.6 Å². The predicted octanol–water partition coefficient (Wildman–Crippen LogP) is 2.82. The van der Waals surface area contributed by atoms with E-state index in [0.717, 1.165) is 9.87 Å². The van der Waals surface area contributed by atoms with Gasteiger partial charge in [-0.2, -0.15) is 0 Å². The number of carbonyl (C=O) groups excluding carboxylic acids is 3. The number of rotatable bonds is 8. The number of fused-ring (bicyclic) bond motifs is 1. The van der Waals surface area contributed by atoms with Gasteiger partial charge >= 0.3 is 0 Å². The van der Waals surface area contributed by atoms with Crippen LogP contribution in [0.5, 0.6) is 0 Å². The maximum absolute atomic E-state index is 13.2. The molecule has 1 aliphatic heterocycles. The van der Waals surface area contributed by atoms with Crippen molar-refractivity contribution in [2.24, 2.45) is 0 Å². The van der Waals surface area contributed by atoms with Crippen molar-refractivity contribution in [3.63, 3.8) is 0 Å². The van der Waals surface area contributed by atoms with Gasteiger partial charge in [0.2, 0.25) is 11.8 Å². The maximum Gasteiger partial charge on any atom is 0.269 e. The lowest BCUT2D eigenvalue weighted by atomic mass is 10.1. The Hall–Kier alpha value is -2.91. The van der Waals surface area contributed by atoms with Crippen LogP contribution in [-0.2, 0) is 26.2 Å². The van der Waals surface area contributed by atoms with Crippen molar-refractivity contribution in [3.8, 4) is 0 Å². The number of benzene rings is 2. The fourth-order valence-corrected chi connectivity index (χ4v) is 5.26. The number of carbonyl (C=O) groups is 3. The van der Waals surface area contributed by atoms with Crippen LogP contribution in [0.3, 0.4) is 0 Å². The van der Waals surface area contributed by atoms with Crippen molar-refractivity contribution in [2.45, 2.75) is 50.7 Å². The zero-order chi connectivity index (χ0) is 24.3. The zero-order valence-corrected chi connectivity index (χ0v) is 20.2. The van der Waals surface area contributed by atoms with Crippen LogP contribution < -0.4 is 5.32 Å². The predicted molar refractivity (Wildman–Crippen MR) is 124 cm³/mol. The van der Waals surface area contributed by atoms with Crippen LogP contribution in [0.1, 0.15) is 43.1 Å². The van der Waals surface area contributed by atoms with Gasteiger partial charge in [0.15, 0.2) is 0 Å². The van der Waals surface area contributed by atoms with Crippen molar-refractivity contribution in [1.29, 1.82) is 0 Å². The lowest BCUT2D eigenvalue weighted by Gasteiger charge is -2.30. The van der Waals surface area contributed by atoms with E-state index in [1.807, 2.05) is 13.8 Å². The summed E-state index contributed by atoms with van der Waals surface area (Å²) in [6.45, 7) is 5.06. The molecule has 1 aliphatic rings. The molecule has 1 atom stereocenters. The van der Waals surface area contributed by atoms with Crippen LogP contribution in [0, 0.1) is 0 Å². The molecule has 0 aliphatic carbocycles. The van der Waals surface area contributed by atoms with Gasteiger partial charge < -0.3 is 10.2 Å². The molecule has 0 unspecified atom stereocenters. The van der Waals surface area contributed by atoms with Crippen LogP contribution in [0.25, 0.3) is 0 Å². The summed E-state index contributed by atoms with van der Waals surface area (Å²) < 4.78 is 26.3. The molecule has 2 aromatic rings. The summed E-state index contributed by atoms with van der Waals surface area (Å²) in [6, 6.07) is 11.9. The van der Waals surface area contributed by atoms with E-state index in [4.69, 9.17) is 11.6 Å². The van der Waals surface area contributed by atoms with Crippen LogP contribution in [0.15, 0.2) is 53.4 Å². The summed E-state index contributed by atoms with van der Waals surface area (Å²) in [4.78, 5) is 39.7. The van der Waals surface area contributed by atoms with Gasteiger partial charge in [-0.25, -0.2) is 12.7 Å². The molecule has 3 amide bonds. The molecule has 0 spiro atoms. The molecule has 0 saturated heterocycles. The van der Waals surface area contributed by atoms with E-state index in [1.165, 1.54) is 17.0 Å². The van der Waals surface area contributed by atoms with Crippen LogP contribution in [0.2, 0.25) is 5.02 Å². The number of nitrogens with one attached hydrogen (secondary N) is 1. The van der Waals surface area contributed by atoms with Crippen molar-refractivity contribution >= 4 is 39.3 Å². The van der Waals surface area contributed by atoms with Crippen LogP contribution in [-0.4, -0.2) is 54.0 Å². The SMILES string of the molecule is CC(C)NC(=O)[C@@H](C)N(Cc1ccc(Cl)cc1)C(=O)CCN1C(=O)c2ccccc2S1(=O)=O. The van der Waals surface area contributed by atoms with Gasteiger partial charge in [-0.05, 0) is 50.6 Å². The van der Waals surface area contributed by atoms with E-state index < -0.39 is 27.9 Å². The Balaban J connectivity index is 1.79. The van der Waals surface area contributed by atoms with Gasteiger partial charge in [-0.3, -0.25) is 14.4 Å². The minimum atomic E-state index is -4.01. The molecule has 2 aromatic carbocycles. The molecule has 8 nitrogen and oxygen atoms in total. The smallest absolute Gasteiger partial charge is 0.269 e. The Kier molecular flexibility index (Phi) is 7.44. The van der Waals surface area contributed by atoms with Crippen molar-refractivity contribution < 1.29 is 22.8 Å². The van der Waals surface area contributed by atoms with Crippen molar-refractivity contribution in [2.75, 3.05) is 6.54 Å². The van der Waals surface area contributed by atoms with Crippen molar-refractivity contribution in [3.05, 3.63) is 64.7 Å². The molecule has 0 saturated carbocycles. The van der Waals surface area contributed by atoms with E-state index >= 15 is 0 Å². The van der Waals surface area contributed by atoms with Gasteiger partial charge in [-0.1, -0.05) is 35.9 Å². The van der Waals surface area contributed by atoms with Gasteiger partial charge in [0.1, 0.15) is 10.9 Å². The minimum Gasteiger partial charge on any atom is -0.352 e. The van der Waals surface area contributed by atoms with E-state index in [9.17, 15) is 22.8 Å². The molecule has 0 aromatic heterocycles. The highest BCUT2D eigenvalue weighted by molar-refractivity contribution is 7.90. The zero-order valence-electron chi connectivity index (χ0n) is 18.6. The highest BCUT2D eigenvalue weighted by atomic mass is 35.5. The molecular formula is C23H26ClN3O5S. The van der Waals surface area contributed by atoms with E-state index in [1.54, 1.807) is 43.3 Å². The lowest BCUT2D eigenvalue weighted by Crippen LogP contribution is -2.49. The van der Waals surface area contributed by atoms with E-state index in [0.29, 0.717) is 5.02 Å². The topological polar surface area (TPSA) is 104 Å². The first-order chi connectivity index (χ1) is 15.5. The Morgan fingerprint density at radius 1 is 1.06 bits per heavy atom. The monoisotopic (exact) mass is 491 g/mol. The first-order valence-corrected chi connectivity index (χ1v) is 12.3. The molecule has 0 radical (unpaired) electrons. The average molecular weight is 492 g/mol.